The summed E-state index contributed by atoms with van der Waals surface area (Å²) in [5.74, 6) is -0.661. The van der Waals surface area contributed by atoms with E-state index < -0.39 is 5.97 Å². The number of likely N-dealkylation sites (tertiary alicyclic amines) is 1. The number of rotatable bonds is 3. The number of carbonyl (C=O) groups is 2. The van der Waals surface area contributed by atoms with Crippen molar-refractivity contribution in [3.05, 3.63) is 23.8 Å². The maximum Gasteiger partial charge on any atom is 0.337 e. The number of hydrogen-bond donors (Lipinski definition) is 3. The van der Waals surface area contributed by atoms with E-state index in [-0.39, 0.29) is 23.4 Å². The fourth-order valence-electron chi connectivity index (χ4n) is 2.20. The molecule has 1 saturated heterocycles. The lowest BCUT2D eigenvalue weighted by atomic mass is 10.1. The molecule has 1 aliphatic heterocycles. The summed E-state index contributed by atoms with van der Waals surface area (Å²) in [4.78, 5) is 24.9. The van der Waals surface area contributed by atoms with Crippen LogP contribution in [0.25, 0.3) is 0 Å². The molecule has 0 radical (unpaired) electrons. The molecule has 0 saturated carbocycles. The molecule has 0 spiro atoms. The van der Waals surface area contributed by atoms with Crippen LogP contribution in [0.5, 0.6) is 5.75 Å². The van der Waals surface area contributed by atoms with E-state index in [2.05, 4.69) is 5.32 Å². The Labute approximate surface area is 122 Å². The fourth-order valence-corrected chi connectivity index (χ4v) is 2.20. The predicted octanol–water partition coefficient (Wildman–Crippen LogP) is 1.38. The fraction of sp³-hybridized carbons (Fsp3) is 0.429. The second kappa shape index (κ2) is 6.45. The standard InChI is InChI=1S/C14H18N2O5/c1-21-10-2-3-11(13(18)19)12(8-10)15-14(20)16-6-4-9(17)5-7-16/h2-3,8-9,17H,4-7H2,1H3,(H,15,20)(H,18,19). The SMILES string of the molecule is COc1ccc(C(=O)O)c(NC(=O)N2CCC(O)CC2)c1. The number of amides is 2. The predicted molar refractivity (Wildman–Crippen MR) is 75.8 cm³/mol. The van der Waals surface area contributed by atoms with E-state index in [0.29, 0.717) is 31.7 Å². The first-order valence-electron chi connectivity index (χ1n) is 6.66. The van der Waals surface area contributed by atoms with Crippen LogP contribution >= 0.6 is 0 Å². The third-order valence-electron chi connectivity index (χ3n) is 3.45. The van der Waals surface area contributed by atoms with Crippen molar-refractivity contribution in [2.24, 2.45) is 0 Å². The monoisotopic (exact) mass is 294 g/mol. The topological polar surface area (TPSA) is 99.1 Å². The molecule has 2 amide bonds. The molecule has 1 aromatic rings. The van der Waals surface area contributed by atoms with Gasteiger partial charge in [0.1, 0.15) is 5.75 Å². The van der Waals surface area contributed by atoms with Gasteiger partial charge in [-0.1, -0.05) is 0 Å². The van der Waals surface area contributed by atoms with Crippen molar-refractivity contribution in [1.29, 1.82) is 0 Å². The molecule has 0 aliphatic carbocycles. The Balaban J connectivity index is 2.14. The summed E-state index contributed by atoms with van der Waals surface area (Å²) < 4.78 is 5.04. The molecule has 1 aliphatic rings. The van der Waals surface area contributed by atoms with Crippen LogP contribution in [0.1, 0.15) is 23.2 Å². The molecular formula is C14H18N2O5. The zero-order valence-corrected chi connectivity index (χ0v) is 11.7. The number of methoxy groups -OCH3 is 1. The van der Waals surface area contributed by atoms with Crippen LogP contribution in [-0.4, -0.2) is 53.4 Å². The average molecular weight is 294 g/mol. The van der Waals surface area contributed by atoms with E-state index in [1.807, 2.05) is 0 Å². The Morgan fingerprint density at radius 2 is 2.00 bits per heavy atom. The average Bonchev–Trinajstić information content (AvgIpc) is 2.47. The highest BCUT2D eigenvalue weighted by atomic mass is 16.5. The summed E-state index contributed by atoms with van der Waals surface area (Å²) in [5.41, 5.74) is 0.194. The molecule has 3 N–H and O–H groups in total. The molecule has 1 fully saturated rings. The number of hydrogen-bond acceptors (Lipinski definition) is 4. The molecule has 114 valence electrons. The number of piperidine rings is 1. The lowest BCUT2D eigenvalue weighted by Crippen LogP contribution is -2.42. The minimum absolute atomic E-state index is 0.00111. The van der Waals surface area contributed by atoms with Gasteiger partial charge in [0.05, 0.1) is 24.5 Å². The number of aromatic carboxylic acids is 1. The van der Waals surface area contributed by atoms with Gasteiger partial charge in [0, 0.05) is 19.2 Å². The Morgan fingerprint density at radius 3 is 2.57 bits per heavy atom. The van der Waals surface area contributed by atoms with Gasteiger partial charge in [0.15, 0.2) is 0 Å². The van der Waals surface area contributed by atoms with Crippen molar-refractivity contribution in [1.82, 2.24) is 4.90 Å². The van der Waals surface area contributed by atoms with Gasteiger partial charge in [-0.2, -0.15) is 0 Å². The maximum atomic E-state index is 12.1. The van der Waals surface area contributed by atoms with Crippen molar-refractivity contribution in [2.45, 2.75) is 18.9 Å². The molecule has 0 unspecified atom stereocenters. The first kappa shape index (κ1) is 15.1. The summed E-state index contributed by atoms with van der Waals surface area (Å²) in [7, 11) is 1.47. The molecule has 0 atom stereocenters. The smallest absolute Gasteiger partial charge is 0.337 e. The Kier molecular flexibility index (Phi) is 4.64. The van der Waals surface area contributed by atoms with Crippen LogP contribution in [0.2, 0.25) is 0 Å². The minimum atomic E-state index is -1.12. The first-order valence-corrected chi connectivity index (χ1v) is 6.66. The van der Waals surface area contributed by atoms with Crippen LogP contribution < -0.4 is 10.1 Å². The van der Waals surface area contributed by atoms with Gasteiger partial charge >= 0.3 is 12.0 Å². The summed E-state index contributed by atoms with van der Waals surface area (Å²) >= 11 is 0. The molecule has 1 aromatic carbocycles. The van der Waals surface area contributed by atoms with Crippen LogP contribution in [0, 0.1) is 0 Å². The van der Waals surface area contributed by atoms with Gasteiger partial charge in [-0.05, 0) is 25.0 Å². The molecule has 0 aromatic heterocycles. The zero-order chi connectivity index (χ0) is 15.4. The third-order valence-corrected chi connectivity index (χ3v) is 3.45. The van der Waals surface area contributed by atoms with E-state index in [4.69, 9.17) is 9.84 Å². The number of carboxylic acid groups (broad SMARTS) is 1. The van der Waals surface area contributed by atoms with E-state index in [1.165, 1.54) is 25.3 Å². The number of aliphatic hydroxyl groups excluding tert-OH is 1. The zero-order valence-electron chi connectivity index (χ0n) is 11.7. The molecule has 1 heterocycles. The lowest BCUT2D eigenvalue weighted by Gasteiger charge is -2.29. The number of anilines is 1. The number of nitrogens with zero attached hydrogens (tertiary/aromatic N) is 1. The van der Waals surface area contributed by atoms with E-state index >= 15 is 0 Å². The second-order valence-corrected chi connectivity index (χ2v) is 4.87. The number of benzene rings is 1. The number of carbonyl (C=O) groups excluding carboxylic acids is 1. The second-order valence-electron chi connectivity index (χ2n) is 4.87. The van der Waals surface area contributed by atoms with E-state index in [1.54, 1.807) is 4.90 Å². The number of urea groups is 1. The normalized spacial score (nSPS) is 15.6. The lowest BCUT2D eigenvalue weighted by molar-refractivity contribution is 0.0698. The highest BCUT2D eigenvalue weighted by Crippen LogP contribution is 2.23. The Morgan fingerprint density at radius 1 is 1.33 bits per heavy atom. The molecular weight excluding hydrogens is 276 g/mol. The molecule has 2 rings (SSSR count). The van der Waals surface area contributed by atoms with Gasteiger partial charge in [-0.3, -0.25) is 0 Å². The third kappa shape index (κ3) is 3.63. The minimum Gasteiger partial charge on any atom is -0.497 e. The molecule has 0 bridgehead atoms. The summed E-state index contributed by atoms with van der Waals surface area (Å²) in [6.45, 7) is 0.888. The highest BCUT2D eigenvalue weighted by molar-refractivity contribution is 6.00. The van der Waals surface area contributed by atoms with Crippen molar-refractivity contribution < 1.29 is 24.5 Å². The molecule has 7 heteroatoms. The van der Waals surface area contributed by atoms with Crippen LogP contribution in [-0.2, 0) is 0 Å². The summed E-state index contributed by atoms with van der Waals surface area (Å²) in [6, 6.07) is 4.01. The van der Waals surface area contributed by atoms with Crippen molar-refractivity contribution in [3.8, 4) is 5.75 Å². The van der Waals surface area contributed by atoms with Crippen molar-refractivity contribution in [3.63, 3.8) is 0 Å². The van der Waals surface area contributed by atoms with Gasteiger partial charge < -0.3 is 25.2 Å². The van der Waals surface area contributed by atoms with Crippen LogP contribution in [0.3, 0.4) is 0 Å². The quantitative estimate of drug-likeness (QED) is 0.782. The number of aliphatic hydroxyl groups is 1. The van der Waals surface area contributed by atoms with Gasteiger partial charge in [0.25, 0.3) is 0 Å². The molecule has 7 nitrogen and oxygen atoms in total. The number of carboxylic acids is 1. The van der Waals surface area contributed by atoms with E-state index in [9.17, 15) is 14.7 Å². The van der Waals surface area contributed by atoms with Crippen LogP contribution in [0.4, 0.5) is 10.5 Å². The van der Waals surface area contributed by atoms with Crippen LogP contribution in [0.15, 0.2) is 18.2 Å². The molecule has 21 heavy (non-hydrogen) atoms. The number of ether oxygens (including phenoxy) is 1. The summed E-state index contributed by atoms with van der Waals surface area (Å²) in [5, 5.41) is 21.2. The highest BCUT2D eigenvalue weighted by Gasteiger charge is 2.22. The number of nitrogens with one attached hydrogen (secondary N) is 1. The van der Waals surface area contributed by atoms with Gasteiger partial charge in [-0.25, -0.2) is 9.59 Å². The van der Waals surface area contributed by atoms with Gasteiger partial charge in [0.2, 0.25) is 0 Å². The Hall–Kier alpha value is -2.28. The largest absolute Gasteiger partial charge is 0.497 e. The van der Waals surface area contributed by atoms with Gasteiger partial charge in [-0.15, -0.1) is 0 Å². The van der Waals surface area contributed by atoms with Crippen molar-refractivity contribution in [2.75, 3.05) is 25.5 Å². The summed E-state index contributed by atoms with van der Waals surface area (Å²) in [6.07, 6.45) is 0.676. The Bertz CT molecular complexity index is 538. The van der Waals surface area contributed by atoms with E-state index in [0.717, 1.165) is 0 Å². The first-order chi connectivity index (χ1) is 10.0. The maximum absolute atomic E-state index is 12.1. The van der Waals surface area contributed by atoms with Crippen molar-refractivity contribution >= 4 is 17.7 Å².